The smallest absolute Gasteiger partial charge is 0.251 e. The van der Waals surface area contributed by atoms with Gasteiger partial charge in [0.2, 0.25) is 0 Å². The maximum absolute atomic E-state index is 12.2. The Bertz CT molecular complexity index is 499. The van der Waals surface area contributed by atoms with Crippen molar-refractivity contribution in [2.75, 3.05) is 31.3 Å². The minimum atomic E-state index is -0.0234. The van der Waals surface area contributed by atoms with Gasteiger partial charge in [-0.1, -0.05) is 26.2 Å². The number of amides is 1. The maximum Gasteiger partial charge on any atom is 0.251 e. The minimum absolute atomic E-state index is 0.0234. The van der Waals surface area contributed by atoms with E-state index in [2.05, 4.69) is 12.2 Å². The van der Waals surface area contributed by atoms with Crippen LogP contribution in [0.5, 0.6) is 0 Å². The number of carbonyl (C=O) groups excluding carboxylic acids is 1. The van der Waals surface area contributed by atoms with E-state index < -0.39 is 0 Å². The summed E-state index contributed by atoms with van der Waals surface area (Å²) in [7, 11) is 3.88. The van der Waals surface area contributed by atoms with Crippen LogP contribution in [0.2, 0.25) is 0 Å². The van der Waals surface area contributed by atoms with Crippen molar-refractivity contribution in [3.05, 3.63) is 23.8 Å². The number of rotatable bonds is 4. The van der Waals surface area contributed by atoms with E-state index in [-0.39, 0.29) is 5.91 Å². The Balaban J connectivity index is 1.95. The Morgan fingerprint density at radius 2 is 2.05 bits per heavy atom. The largest absolute Gasteiger partial charge is 0.397 e. The Hall–Kier alpha value is -1.71. The molecule has 4 nitrogen and oxygen atoms in total. The molecule has 2 unspecified atom stereocenters. The van der Waals surface area contributed by atoms with Crippen molar-refractivity contribution in [1.82, 2.24) is 5.32 Å². The van der Waals surface area contributed by atoms with Gasteiger partial charge in [0.25, 0.3) is 5.91 Å². The summed E-state index contributed by atoms with van der Waals surface area (Å²) in [5.41, 5.74) is 8.21. The standard InChI is InChI=1S/C17H27N3O/c1-12-6-4-5-7-14(12)11-19-17(21)13-8-9-16(20(2)3)15(18)10-13/h8-10,12,14H,4-7,11,18H2,1-3H3,(H,19,21). The zero-order valence-electron chi connectivity index (χ0n) is 13.4. The molecule has 116 valence electrons. The molecule has 0 radical (unpaired) electrons. The summed E-state index contributed by atoms with van der Waals surface area (Å²) in [5, 5.41) is 3.07. The molecule has 1 aliphatic rings. The summed E-state index contributed by atoms with van der Waals surface area (Å²) in [4.78, 5) is 14.2. The number of nitrogen functional groups attached to an aromatic ring is 1. The first kappa shape index (κ1) is 15.7. The fraction of sp³-hybridized carbons (Fsp3) is 0.588. The SMILES string of the molecule is CC1CCCCC1CNC(=O)c1ccc(N(C)C)c(N)c1. The van der Waals surface area contributed by atoms with Crippen LogP contribution >= 0.6 is 0 Å². The summed E-state index contributed by atoms with van der Waals surface area (Å²) < 4.78 is 0. The van der Waals surface area contributed by atoms with Gasteiger partial charge in [0.15, 0.2) is 0 Å². The predicted octanol–water partition coefficient (Wildman–Crippen LogP) is 2.89. The van der Waals surface area contributed by atoms with E-state index in [4.69, 9.17) is 5.73 Å². The van der Waals surface area contributed by atoms with E-state index in [1.165, 1.54) is 25.7 Å². The number of nitrogens with one attached hydrogen (secondary N) is 1. The van der Waals surface area contributed by atoms with Crippen molar-refractivity contribution in [2.45, 2.75) is 32.6 Å². The first-order valence-corrected chi connectivity index (χ1v) is 7.84. The number of nitrogens with zero attached hydrogens (tertiary/aromatic N) is 1. The maximum atomic E-state index is 12.2. The molecule has 0 bridgehead atoms. The van der Waals surface area contributed by atoms with Crippen LogP contribution in [0, 0.1) is 11.8 Å². The number of anilines is 2. The molecule has 0 aliphatic heterocycles. The lowest BCUT2D eigenvalue weighted by Gasteiger charge is -2.28. The lowest BCUT2D eigenvalue weighted by Crippen LogP contribution is -2.33. The van der Waals surface area contributed by atoms with Crippen LogP contribution in [0.1, 0.15) is 43.0 Å². The third-order valence-electron chi connectivity index (χ3n) is 4.59. The van der Waals surface area contributed by atoms with Crippen molar-refractivity contribution in [2.24, 2.45) is 11.8 Å². The fourth-order valence-electron chi connectivity index (χ4n) is 3.13. The molecular weight excluding hydrogens is 262 g/mol. The van der Waals surface area contributed by atoms with Crippen LogP contribution in [0.15, 0.2) is 18.2 Å². The second-order valence-electron chi connectivity index (χ2n) is 6.40. The second kappa shape index (κ2) is 6.83. The molecule has 1 amide bonds. The first-order valence-electron chi connectivity index (χ1n) is 7.84. The van der Waals surface area contributed by atoms with Gasteiger partial charge in [-0.05, 0) is 36.5 Å². The van der Waals surface area contributed by atoms with Crippen LogP contribution in [-0.2, 0) is 0 Å². The minimum Gasteiger partial charge on any atom is -0.397 e. The predicted molar refractivity (Wildman–Crippen MR) is 88.6 cm³/mol. The van der Waals surface area contributed by atoms with Crippen molar-refractivity contribution in [3.63, 3.8) is 0 Å². The fourth-order valence-corrected chi connectivity index (χ4v) is 3.13. The van der Waals surface area contributed by atoms with Gasteiger partial charge >= 0.3 is 0 Å². The topological polar surface area (TPSA) is 58.4 Å². The number of carbonyl (C=O) groups is 1. The highest BCUT2D eigenvalue weighted by molar-refractivity contribution is 5.96. The molecule has 2 rings (SSSR count). The molecule has 1 aromatic rings. The van der Waals surface area contributed by atoms with E-state index in [9.17, 15) is 4.79 Å². The quantitative estimate of drug-likeness (QED) is 0.838. The molecule has 4 heteroatoms. The normalized spacial score (nSPS) is 21.9. The van der Waals surface area contributed by atoms with Crippen LogP contribution in [0.25, 0.3) is 0 Å². The monoisotopic (exact) mass is 289 g/mol. The van der Waals surface area contributed by atoms with Crippen molar-refractivity contribution in [3.8, 4) is 0 Å². The van der Waals surface area contributed by atoms with Crippen LogP contribution in [-0.4, -0.2) is 26.5 Å². The molecule has 1 aromatic carbocycles. The van der Waals surface area contributed by atoms with Gasteiger partial charge in [-0.15, -0.1) is 0 Å². The summed E-state index contributed by atoms with van der Waals surface area (Å²) in [6.45, 7) is 3.06. The highest BCUT2D eigenvalue weighted by Gasteiger charge is 2.21. The van der Waals surface area contributed by atoms with E-state index in [1.807, 2.05) is 31.1 Å². The van der Waals surface area contributed by atoms with Gasteiger partial charge in [-0.2, -0.15) is 0 Å². The summed E-state index contributed by atoms with van der Waals surface area (Å²) in [6.07, 6.45) is 5.12. The second-order valence-corrected chi connectivity index (χ2v) is 6.40. The molecule has 1 saturated carbocycles. The van der Waals surface area contributed by atoms with Crippen LogP contribution in [0.4, 0.5) is 11.4 Å². The molecule has 3 N–H and O–H groups in total. The summed E-state index contributed by atoms with van der Waals surface area (Å²) in [6, 6.07) is 5.49. The van der Waals surface area contributed by atoms with Gasteiger partial charge in [0.05, 0.1) is 11.4 Å². The third-order valence-corrected chi connectivity index (χ3v) is 4.59. The van der Waals surface area contributed by atoms with Crippen molar-refractivity contribution < 1.29 is 4.79 Å². The lowest BCUT2D eigenvalue weighted by molar-refractivity contribution is 0.0936. The van der Waals surface area contributed by atoms with Gasteiger partial charge in [0.1, 0.15) is 0 Å². The Morgan fingerprint density at radius 1 is 1.33 bits per heavy atom. The van der Waals surface area contributed by atoms with E-state index in [0.29, 0.717) is 23.1 Å². The zero-order chi connectivity index (χ0) is 15.4. The first-order chi connectivity index (χ1) is 9.99. The van der Waals surface area contributed by atoms with E-state index in [0.717, 1.165) is 12.2 Å². The molecule has 1 aliphatic carbocycles. The highest BCUT2D eigenvalue weighted by atomic mass is 16.1. The average Bonchev–Trinajstić information content (AvgIpc) is 2.45. The molecule has 1 fully saturated rings. The molecule has 21 heavy (non-hydrogen) atoms. The van der Waals surface area contributed by atoms with Gasteiger partial charge in [0, 0.05) is 26.2 Å². The number of benzene rings is 1. The van der Waals surface area contributed by atoms with Crippen molar-refractivity contribution >= 4 is 17.3 Å². The Labute approximate surface area is 127 Å². The van der Waals surface area contributed by atoms with Gasteiger partial charge in [-0.25, -0.2) is 0 Å². The number of hydrogen-bond donors (Lipinski definition) is 2. The molecular formula is C17H27N3O. The molecule has 2 atom stereocenters. The molecule has 0 heterocycles. The van der Waals surface area contributed by atoms with Gasteiger partial charge in [-0.3, -0.25) is 4.79 Å². The Kier molecular flexibility index (Phi) is 5.10. The van der Waals surface area contributed by atoms with E-state index >= 15 is 0 Å². The highest BCUT2D eigenvalue weighted by Crippen LogP contribution is 2.29. The number of nitrogens with two attached hydrogens (primary N) is 1. The summed E-state index contributed by atoms with van der Waals surface area (Å²) >= 11 is 0. The van der Waals surface area contributed by atoms with Crippen molar-refractivity contribution in [1.29, 1.82) is 0 Å². The Morgan fingerprint density at radius 3 is 2.67 bits per heavy atom. The molecule has 0 aromatic heterocycles. The van der Waals surface area contributed by atoms with Crippen LogP contribution < -0.4 is 16.0 Å². The molecule has 0 saturated heterocycles. The number of hydrogen-bond acceptors (Lipinski definition) is 3. The molecule has 0 spiro atoms. The zero-order valence-corrected chi connectivity index (χ0v) is 13.4. The lowest BCUT2D eigenvalue weighted by atomic mass is 9.80. The van der Waals surface area contributed by atoms with Crippen LogP contribution in [0.3, 0.4) is 0 Å². The van der Waals surface area contributed by atoms with Gasteiger partial charge < -0.3 is 16.0 Å². The third kappa shape index (κ3) is 3.90. The summed E-state index contributed by atoms with van der Waals surface area (Å²) in [5.74, 6) is 1.30. The van der Waals surface area contributed by atoms with E-state index in [1.54, 1.807) is 6.07 Å². The average molecular weight is 289 g/mol.